The first-order chi connectivity index (χ1) is 7.86. The summed E-state index contributed by atoms with van der Waals surface area (Å²) in [5, 5.41) is 6.31. The van der Waals surface area contributed by atoms with Crippen molar-refractivity contribution >= 4 is 10.8 Å². The molecule has 0 bridgehead atoms. The molecule has 2 unspecified atom stereocenters. The van der Waals surface area contributed by atoms with Crippen molar-refractivity contribution in [3.8, 4) is 0 Å². The lowest BCUT2D eigenvalue weighted by Crippen LogP contribution is -2.21. The summed E-state index contributed by atoms with van der Waals surface area (Å²) in [6.07, 6.45) is 1.26. The number of nitrogens with one attached hydrogen (secondary N) is 1. The van der Waals surface area contributed by atoms with Gasteiger partial charge < -0.3 is 5.32 Å². The van der Waals surface area contributed by atoms with Gasteiger partial charge in [-0.05, 0) is 36.2 Å². The molecule has 3 rings (SSSR count). The second kappa shape index (κ2) is 3.91. The molecule has 0 radical (unpaired) electrons. The molecule has 0 aliphatic carbocycles. The highest BCUT2D eigenvalue weighted by Gasteiger charge is 2.25. The minimum Gasteiger partial charge on any atom is -0.314 e. The van der Waals surface area contributed by atoms with Gasteiger partial charge in [-0.15, -0.1) is 0 Å². The summed E-state index contributed by atoms with van der Waals surface area (Å²) in [5.41, 5.74) is 1.51. The van der Waals surface area contributed by atoms with Gasteiger partial charge in [0.15, 0.2) is 0 Å². The van der Waals surface area contributed by atoms with Gasteiger partial charge >= 0.3 is 0 Å². The van der Waals surface area contributed by atoms with Crippen LogP contribution in [0.3, 0.4) is 0 Å². The second-order valence-corrected chi connectivity index (χ2v) is 4.71. The molecule has 1 nitrogen and oxygen atoms in total. The number of rotatable bonds is 1. The molecule has 1 heterocycles. The molecule has 0 spiro atoms. The first-order valence-corrected chi connectivity index (χ1v) is 6.07. The molecule has 1 aliphatic heterocycles. The summed E-state index contributed by atoms with van der Waals surface area (Å²) < 4.78 is 0. The van der Waals surface area contributed by atoms with Crippen LogP contribution in [0.2, 0.25) is 0 Å². The van der Waals surface area contributed by atoms with E-state index in [2.05, 4.69) is 54.7 Å². The van der Waals surface area contributed by atoms with Gasteiger partial charge in [-0.25, -0.2) is 0 Å². The zero-order chi connectivity index (χ0) is 11.0. The molecular weight excluding hydrogens is 194 g/mol. The van der Waals surface area contributed by atoms with Gasteiger partial charge in [0.1, 0.15) is 0 Å². The van der Waals surface area contributed by atoms with Crippen LogP contribution in [0.5, 0.6) is 0 Å². The third kappa shape index (κ3) is 1.52. The zero-order valence-electron chi connectivity index (χ0n) is 9.61. The molecule has 0 aromatic heterocycles. The largest absolute Gasteiger partial charge is 0.314 e. The fraction of sp³-hybridized carbons (Fsp3) is 0.333. The van der Waals surface area contributed by atoms with E-state index in [9.17, 15) is 0 Å². The van der Waals surface area contributed by atoms with Gasteiger partial charge in [0.25, 0.3) is 0 Å². The Bertz CT molecular complexity index is 498. The van der Waals surface area contributed by atoms with Crippen molar-refractivity contribution in [3.05, 3.63) is 48.0 Å². The van der Waals surface area contributed by atoms with Crippen LogP contribution in [-0.2, 0) is 0 Å². The summed E-state index contributed by atoms with van der Waals surface area (Å²) in [6, 6.07) is 16.0. The van der Waals surface area contributed by atoms with Crippen molar-refractivity contribution in [1.82, 2.24) is 5.32 Å². The van der Waals surface area contributed by atoms with Gasteiger partial charge in [-0.1, -0.05) is 42.5 Å². The lowest BCUT2D eigenvalue weighted by atomic mass is 9.89. The van der Waals surface area contributed by atoms with E-state index >= 15 is 0 Å². The average molecular weight is 211 g/mol. The van der Waals surface area contributed by atoms with Crippen LogP contribution in [0.4, 0.5) is 0 Å². The lowest BCUT2D eigenvalue weighted by molar-refractivity contribution is 0.597. The van der Waals surface area contributed by atoms with E-state index in [0.717, 1.165) is 6.54 Å². The summed E-state index contributed by atoms with van der Waals surface area (Å²) in [4.78, 5) is 0. The third-order valence-corrected chi connectivity index (χ3v) is 3.75. The number of hydrogen-bond donors (Lipinski definition) is 1. The molecule has 1 saturated heterocycles. The predicted molar refractivity (Wildman–Crippen MR) is 68.8 cm³/mol. The van der Waals surface area contributed by atoms with Crippen LogP contribution in [0.15, 0.2) is 42.5 Å². The Morgan fingerprint density at radius 2 is 1.88 bits per heavy atom. The van der Waals surface area contributed by atoms with E-state index < -0.39 is 0 Å². The van der Waals surface area contributed by atoms with E-state index in [0.29, 0.717) is 12.0 Å². The fourth-order valence-corrected chi connectivity index (χ4v) is 2.86. The second-order valence-electron chi connectivity index (χ2n) is 4.71. The fourth-order valence-electron chi connectivity index (χ4n) is 2.86. The molecule has 2 aromatic carbocycles. The molecule has 16 heavy (non-hydrogen) atoms. The Morgan fingerprint density at radius 3 is 2.69 bits per heavy atom. The Morgan fingerprint density at radius 1 is 1.06 bits per heavy atom. The maximum absolute atomic E-state index is 3.53. The number of fused-ring (bicyclic) bond motifs is 1. The summed E-state index contributed by atoms with van der Waals surface area (Å²) in [5.74, 6) is 0.672. The van der Waals surface area contributed by atoms with Gasteiger partial charge in [0, 0.05) is 12.0 Å². The lowest BCUT2D eigenvalue weighted by Gasteiger charge is -2.17. The molecule has 0 amide bonds. The highest BCUT2D eigenvalue weighted by Crippen LogP contribution is 2.32. The normalized spacial score (nSPS) is 25.1. The topological polar surface area (TPSA) is 12.0 Å². The van der Waals surface area contributed by atoms with Crippen molar-refractivity contribution in [1.29, 1.82) is 0 Å². The molecule has 0 saturated carbocycles. The summed E-state index contributed by atoms with van der Waals surface area (Å²) in [7, 11) is 0. The number of benzene rings is 2. The Labute approximate surface area is 96.5 Å². The summed E-state index contributed by atoms with van der Waals surface area (Å²) in [6.45, 7) is 3.44. The maximum Gasteiger partial charge on any atom is 0.0108 e. The highest BCUT2D eigenvalue weighted by molar-refractivity contribution is 5.86. The van der Waals surface area contributed by atoms with Gasteiger partial charge in [0.2, 0.25) is 0 Å². The van der Waals surface area contributed by atoms with Crippen molar-refractivity contribution in [2.24, 2.45) is 0 Å². The highest BCUT2D eigenvalue weighted by atomic mass is 14.9. The Kier molecular flexibility index (Phi) is 2.41. The third-order valence-electron chi connectivity index (χ3n) is 3.75. The quantitative estimate of drug-likeness (QED) is 0.763. The molecule has 1 aliphatic rings. The smallest absolute Gasteiger partial charge is 0.0108 e. The summed E-state index contributed by atoms with van der Waals surface area (Å²) >= 11 is 0. The van der Waals surface area contributed by atoms with Crippen LogP contribution in [-0.4, -0.2) is 12.6 Å². The first kappa shape index (κ1) is 9.86. The van der Waals surface area contributed by atoms with Crippen molar-refractivity contribution < 1.29 is 0 Å². The molecule has 1 N–H and O–H groups in total. The van der Waals surface area contributed by atoms with Crippen LogP contribution < -0.4 is 5.32 Å². The molecular formula is C15H17N. The average Bonchev–Trinajstić information content (AvgIpc) is 2.75. The molecule has 1 fully saturated rings. The zero-order valence-corrected chi connectivity index (χ0v) is 9.61. The van der Waals surface area contributed by atoms with Crippen LogP contribution >= 0.6 is 0 Å². The maximum atomic E-state index is 3.53. The Hall–Kier alpha value is -1.34. The van der Waals surface area contributed by atoms with E-state index in [1.165, 1.54) is 22.8 Å². The number of hydrogen-bond acceptors (Lipinski definition) is 1. The molecule has 2 atom stereocenters. The predicted octanol–water partition coefficient (Wildman–Crippen LogP) is 3.31. The first-order valence-electron chi connectivity index (χ1n) is 6.07. The van der Waals surface area contributed by atoms with E-state index in [1.54, 1.807) is 0 Å². The van der Waals surface area contributed by atoms with E-state index in [1.807, 2.05) is 0 Å². The van der Waals surface area contributed by atoms with Crippen molar-refractivity contribution in [2.45, 2.75) is 25.3 Å². The van der Waals surface area contributed by atoms with E-state index in [-0.39, 0.29) is 0 Å². The van der Waals surface area contributed by atoms with Gasteiger partial charge in [-0.2, -0.15) is 0 Å². The minimum atomic E-state index is 0.603. The minimum absolute atomic E-state index is 0.603. The van der Waals surface area contributed by atoms with Gasteiger partial charge in [0.05, 0.1) is 0 Å². The molecule has 82 valence electrons. The van der Waals surface area contributed by atoms with Crippen LogP contribution in [0, 0.1) is 0 Å². The van der Waals surface area contributed by atoms with Crippen molar-refractivity contribution in [2.75, 3.05) is 6.54 Å². The Balaban J connectivity index is 2.16. The monoisotopic (exact) mass is 211 g/mol. The van der Waals surface area contributed by atoms with E-state index in [4.69, 9.17) is 0 Å². The SMILES string of the molecule is CC1NCCC1c1cccc2ccccc12. The molecule has 2 aromatic rings. The van der Waals surface area contributed by atoms with Crippen LogP contribution in [0.25, 0.3) is 10.8 Å². The molecule has 1 heteroatoms. The standard InChI is InChI=1S/C15H17N/c1-11-13(9-10-16-11)15-8-4-6-12-5-2-3-7-14(12)15/h2-8,11,13,16H,9-10H2,1H3. The van der Waals surface area contributed by atoms with Crippen LogP contribution in [0.1, 0.15) is 24.8 Å². The van der Waals surface area contributed by atoms with Crippen molar-refractivity contribution in [3.63, 3.8) is 0 Å². The van der Waals surface area contributed by atoms with Gasteiger partial charge in [-0.3, -0.25) is 0 Å².